The molecule has 0 heterocycles. The minimum atomic E-state index is -3.92. The van der Waals surface area contributed by atoms with Crippen molar-refractivity contribution in [2.24, 2.45) is 0 Å². The van der Waals surface area contributed by atoms with Gasteiger partial charge in [0.2, 0.25) is 0 Å². The first-order chi connectivity index (χ1) is 6.52. The predicted molar refractivity (Wildman–Crippen MR) is 57.8 cm³/mol. The largest absolute Gasteiger partial charge is 0.299 e. The van der Waals surface area contributed by atoms with Crippen LogP contribution in [0.15, 0.2) is 0 Å². The lowest BCUT2D eigenvalue weighted by Gasteiger charge is -2.13. The average Bonchev–Trinajstić information content (AvgIpc) is 2.09. The van der Waals surface area contributed by atoms with Crippen molar-refractivity contribution in [2.45, 2.75) is 51.3 Å². The van der Waals surface area contributed by atoms with Crippen molar-refractivity contribution in [3.05, 3.63) is 0 Å². The van der Waals surface area contributed by atoms with Gasteiger partial charge in [0.1, 0.15) is 5.37 Å². The summed E-state index contributed by atoms with van der Waals surface area (Å²) in [5.41, 5.74) is 0. The third kappa shape index (κ3) is 6.34. The Labute approximate surface area is 86.8 Å². The van der Waals surface area contributed by atoms with Crippen LogP contribution in [0.5, 0.6) is 0 Å². The molecule has 14 heavy (non-hydrogen) atoms. The molecule has 0 aromatic heterocycles. The zero-order chi connectivity index (χ0) is 11.0. The summed E-state index contributed by atoms with van der Waals surface area (Å²) in [7, 11) is -3.92. The van der Waals surface area contributed by atoms with E-state index in [1.165, 1.54) is 6.42 Å². The molecule has 0 saturated carbocycles. The van der Waals surface area contributed by atoms with Crippen LogP contribution in [0.1, 0.15) is 46.0 Å². The fourth-order valence-electron chi connectivity index (χ4n) is 1.28. The summed E-state index contributed by atoms with van der Waals surface area (Å²) in [6, 6.07) is 0. The number of hydrogen-bond acceptors (Lipinski definition) is 3. The summed E-state index contributed by atoms with van der Waals surface area (Å²) >= 11 is 0. The van der Waals surface area contributed by atoms with Gasteiger partial charge in [0.15, 0.2) is 0 Å². The topological polar surface area (TPSA) is 66.4 Å². The number of nitrogens with one attached hydrogen (secondary N) is 1. The molecular weight excluding hydrogens is 202 g/mol. The number of hydrogen-bond donors (Lipinski definition) is 2. The van der Waals surface area contributed by atoms with Crippen LogP contribution in [0.2, 0.25) is 0 Å². The van der Waals surface area contributed by atoms with Gasteiger partial charge in [-0.25, -0.2) is 0 Å². The first kappa shape index (κ1) is 13.9. The molecule has 1 unspecified atom stereocenters. The molecule has 86 valence electrons. The molecule has 5 heteroatoms. The zero-order valence-electron chi connectivity index (χ0n) is 8.99. The maximum Gasteiger partial charge on any atom is 0.281 e. The van der Waals surface area contributed by atoms with Crippen molar-refractivity contribution in [1.29, 1.82) is 0 Å². The minimum Gasteiger partial charge on any atom is -0.299 e. The third-order valence-electron chi connectivity index (χ3n) is 2.13. The van der Waals surface area contributed by atoms with Gasteiger partial charge >= 0.3 is 0 Å². The summed E-state index contributed by atoms with van der Waals surface area (Å²) in [4.78, 5) is 0. The molecule has 1 atom stereocenters. The van der Waals surface area contributed by atoms with E-state index in [4.69, 9.17) is 4.55 Å². The van der Waals surface area contributed by atoms with Gasteiger partial charge in [-0.15, -0.1) is 0 Å². The summed E-state index contributed by atoms with van der Waals surface area (Å²) in [5.74, 6) is 0. The summed E-state index contributed by atoms with van der Waals surface area (Å²) in [6.45, 7) is 4.51. The molecule has 0 fully saturated rings. The molecule has 0 aromatic rings. The SMILES string of the molecule is CCCCCCNC(CC)S(=O)(=O)O. The van der Waals surface area contributed by atoms with E-state index in [1.807, 2.05) is 0 Å². The number of unbranched alkanes of at least 4 members (excludes halogenated alkanes) is 3. The molecule has 2 N–H and O–H groups in total. The molecule has 0 amide bonds. The second kappa shape index (κ2) is 7.20. The van der Waals surface area contributed by atoms with Crippen LogP contribution in [0, 0.1) is 0 Å². The highest BCUT2D eigenvalue weighted by molar-refractivity contribution is 7.86. The van der Waals surface area contributed by atoms with Gasteiger partial charge in [0.05, 0.1) is 0 Å². The molecule has 0 aromatic carbocycles. The monoisotopic (exact) mass is 223 g/mol. The quantitative estimate of drug-likeness (QED) is 0.486. The van der Waals surface area contributed by atoms with Crippen LogP contribution in [0.3, 0.4) is 0 Å². The van der Waals surface area contributed by atoms with Crippen LogP contribution in [-0.4, -0.2) is 24.9 Å². The van der Waals surface area contributed by atoms with E-state index in [2.05, 4.69) is 12.2 Å². The van der Waals surface area contributed by atoms with Crippen molar-refractivity contribution >= 4 is 10.1 Å². The van der Waals surface area contributed by atoms with Crippen LogP contribution in [0.25, 0.3) is 0 Å². The Morgan fingerprint density at radius 1 is 1.21 bits per heavy atom. The third-order valence-corrected chi connectivity index (χ3v) is 3.35. The maximum absolute atomic E-state index is 10.8. The molecule has 0 aliphatic heterocycles. The van der Waals surface area contributed by atoms with E-state index in [0.717, 1.165) is 19.3 Å². The first-order valence-electron chi connectivity index (χ1n) is 5.22. The van der Waals surface area contributed by atoms with Gasteiger partial charge in [0, 0.05) is 0 Å². The fourth-order valence-corrected chi connectivity index (χ4v) is 2.02. The zero-order valence-corrected chi connectivity index (χ0v) is 9.81. The number of rotatable bonds is 8. The molecule has 0 aliphatic rings. The molecule has 4 nitrogen and oxygen atoms in total. The Bertz CT molecular complexity index is 226. The summed E-state index contributed by atoms with van der Waals surface area (Å²) in [6.07, 6.45) is 4.79. The highest BCUT2D eigenvalue weighted by atomic mass is 32.2. The Morgan fingerprint density at radius 3 is 2.29 bits per heavy atom. The minimum absolute atomic E-state index is 0.395. The highest BCUT2D eigenvalue weighted by Gasteiger charge is 2.19. The summed E-state index contributed by atoms with van der Waals surface area (Å²) in [5, 5.41) is 2.03. The van der Waals surface area contributed by atoms with Crippen LogP contribution in [0.4, 0.5) is 0 Å². The van der Waals surface area contributed by atoms with Gasteiger partial charge in [-0.1, -0.05) is 33.1 Å². The van der Waals surface area contributed by atoms with E-state index < -0.39 is 15.5 Å². The lowest BCUT2D eigenvalue weighted by molar-refractivity contribution is 0.442. The lowest BCUT2D eigenvalue weighted by atomic mass is 10.2. The maximum atomic E-state index is 10.8. The van der Waals surface area contributed by atoms with E-state index in [-0.39, 0.29) is 0 Å². The highest BCUT2D eigenvalue weighted by Crippen LogP contribution is 2.02. The predicted octanol–water partition coefficient (Wildman–Crippen LogP) is 1.78. The molecule has 0 bridgehead atoms. The second-order valence-corrected chi connectivity index (χ2v) is 5.03. The Kier molecular flexibility index (Phi) is 7.13. The van der Waals surface area contributed by atoms with Gasteiger partial charge in [0.25, 0.3) is 10.1 Å². The van der Waals surface area contributed by atoms with Gasteiger partial charge < -0.3 is 0 Å². The van der Waals surface area contributed by atoms with Crippen molar-refractivity contribution in [2.75, 3.05) is 6.54 Å². The Balaban J connectivity index is 3.65. The van der Waals surface area contributed by atoms with Crippen molar-refractivity contribution < 1.29 is 13.0 Å². The van der Waals surface area contributed by atoms with E-state index in [9.17, 15) is 8.42 Å². The van der Waals surface area contributed by atoms with Crippen molar-refractivity contribution in [3.63, 3.8) is 0 Å². The molecular formula is C9H21NO3S. The van der Waals surface area contributed by atoms with Gasteiger partial charge in [-0.05, 0) is 19.4 Å². The van der Waals surface area contributed by atoms with Crippen LogP contribution in [-0.2, 0) is 10.1 Å². The Hall–Kier alpha value is -0.130. The fraction of sp³-hybridized carbons (Fsp3) is 1.00. The van der Waals surface area contributed by atoms with E-state index >= 15 is 0 Å². The molecule has 0 radical (unpaired) electrons. The van der Waals surface area contributed by atoms with Gasteiger partial charge in [-0.3, -0.25) is 9.87 Å². The van der Waals surface area contributed by atoms with Crippen LogP contribution < -0.4 is 5.32 Å². The van der Waals surface area contributed by atoms with Crippen molar-refractivity contribution in [1.82, 2.24) is 5.32 Å². The van der Waals surface area contributed by atoms with Gasteiger partial charge in [-0.2, -0.15) is 8.42 Å². The smallest absolute Gasteiger partial charge is 0.281 e. The molecule has 0 aliphatic carbocycles. The second-order valence-electron chi connectivity index (χ2n) is 3.43. The molecule has 0 spiro atoms. The lowest BCUT2D eigenvalue weighted by Crippen LogP contribution is -2.36. The normalized spacial score (nSPS) is 14.2. The van der Waals surface area contributed by atoms with Crippen molar-refractivity contribution in [3.8, 4) is 0 Å². The molecule has 0 rings (SSSR count). The Morgan fingerprint density at radius 2 is 1.86 bits per heavy atom. The molecule has 0 saturated heterocycles. The average molecular weight is 223 g/mol. The summed E-state index contributed by atoms with van der Waals surface area (Å²) < 4.78 is 30.3. The van der Waals surface area contributed by atoms with E-state index in [1.54, 1.807) is 6.92 Å². The van der Waals surface area contributed by atoms with Crippen LogP contribution >= 0.6 is 0 Å². The standard InChI is InChI=1S/C9H21NO3S/c1-3-5-6-7-8-10-9(4-2)14(11,12)13/h9-10H,3-8H2,1-2H3,(H,11,12,13). The van der Waals surface area contributed by atoms with E-state index in [0.29, 0.717) is 13.0 Å². The first-order valence-corrected chi connectivity index (χ1v) is 6.72.